The summed E-state index contributed by atoms with van der Waals surface area (Å²) in [5.41, 5.74) is 2.02. The molecule has 0 heterocycles. The molecule has 0 fully saturated rings. The van der Waals surface area contributed by atoms with Gasteiger partial charge in [-0.1, -0.05) is 59.6 Å². The van der Waals surface area contributed by atoms with Crippen LogP contribution in [-0.4, -0.2) is 50.9 Å². The number of hydrogen-bond acceptors (Lipinski definition) is 5. The lowest BCUT2D eigenvalue weighted by atomic mass is 10.1. The van der Waals surface area contributed by atoms with E-state index in [1.165, 1.54) is 17.0 Å². The van der Waals surface area contributed by atoms with Crippen LogP contribution in [0.5, 0.6) is 5.75 Å². The lowest BCUT2D eigenvalue weighted by Gasteiger charge is -2.32. The summed E-state index contributed by atoms with van der Waals surface area (Å²) >= 11 is 3.42. The van der Waals surface area contributed by atoms with Crippen LogP contribution in [0.4, 0.5) is 5.69 Å². The van der Waals surface area contributed by atoms with E-state index in [0.717, 1.165) is 19.9 Å². The maximum absolute atomic E-state index is 14.0. The Bertz CT molecular complexity index is 1410. The van der Waals surface area contributed by atoms with Crippen molar-refractivity contribution in [2.24, 2.45) is 5.92 Å². The highest BCUT2D eigenvalue weighted by Crippen LogP contribution is 2.27. The van der Waals surface area contributed by atoms with E-state index in [-0.39, 0.29) is 23.3 Å². The van der Waals surface area contributed by atoms with Crippen LogP contribution in [0.15, 0.2) is 82.2 Å². The predicted octanol–water partition coefficient (Wildman–Crippen LogP) is 5.54. The fourth-order valence-corrected chi connectivity index (χ4v) is 5.74. The van der Waals surface area contributed by atoms with E-state index in [4.69, 9.17) is 4.74 Å². The number of ether oxygens (including phenoxy) is 1. The number of benzene rings is 3. The molecular formula is C31H38BrN3O5S. The fraction of sp³-hybridized carbons (Fsp3) is 0.355. The first-order valence-electron chi connectivity index (χ1n) is 13.6. The Morgan fingerprint density at radius 2 is 1.54 bits per heavy atom. The molecule has 0 saturated carbocycles. The van der Waals surface area contributed by atoms with Crippen LogP contribution in [0.1, 0.15) is 38.8 Å². The Kier molecular flexibility index (Phi) is 11.4. The Balaban J connectivity index is 2.01. The summed E-state index contributed by atoms with van der Waals surface area (Å²) < 4.78 is 35.4. The van der Waals surface area contributed by atoms with Crippen molar-refractivity contribution in [1.29, 1.82) is 0 Å². The Morgan fingerprint density at radius 1 is 0.927 bits per heavy atom. The SMILES string of the molecule is CCOc1ccc(N(CC(=O)N(Cc2ccc(Br)cc2)[C@H](C)C(=O)NCC(C)C)S(=O)(=O)c2ccc(C)cc2)cc1. The number of carbonyl (C=O) groups excluding carboxylic acids is 2. The van der Waals surface area contributed by atoms with Gasteiger partial charge in [0.2, 0.25) is 11.8 Å². The molecule has 0 aliphatic heterocycles. The van der Waals surface area contributed by atoms with Crippen molar-refractivity contribution in [2.45, 2.75) is 52.1 Å². The molecule has 10 heteroatoms. The van der Waals surface area contributed by atoms with Gasteiger partial charge in [0.25, 0.3) is 10.0 Å². The van der Waals surface area contributed by atoms with Crippen LogP contribution in [0, 0.1) is 12.8 Å². The van der Waals surface area contributed by atoms with Crippen LogP contribution in [0.2, 0.25) is 0 Å². The first-order chi connectivity index (χ1) is 19.4. The molecule has 0 aliphatic rings. The Labute approximate surface area is 251 Å². The standard InChI is InChI=1S/C31H38BrN3O5S/c1-6-40-28-15-13-27(14-16-28)35(41(38,39)29-17-7-23(4)8-18-29)21-30(36)34(20-25-9-11-26(32)12-10-25)24(5)31(37)33-19-22(2)3/h7-18,22,24H,6,19-21H2,1-5H3,(H,33,37)/t24-/m1/s1. The van der Waals surface area contributed by atoms with Crippen molar-refractivity contribution in [2.75, 3.05) is 24.0 Å². The first-order valence-corrected chi connectivity index (χ1v) is 15.8. The summed E-state index contributed by atoms with van der Waals surface area (Å²) in [6.45, 7) is 9.92. The molecule has 3 aromatic rings. The number of nitrogens with one attached hydrogen (secondary N) is 1. The summed E-state index contributed by atoms with van der Waals surface area (Å²) in [6, 6.07) is 19.6. The molecule has 2 amide bonds. The zero-order valence-corrected chi connectivity index (χ0v) is 26.5. The van der Waals surface area contributed by atoms with Gasteiger partial charge < -0.3 is 15.0 Å². The van der Waals surface area contributed by atoms with Crippen LogP contribution in [-0.2, 0) is 26.2 Å². The van der Waals surface area contributed by atoms with Crippen LogP contribution in [0.25, 0.3) is 0 Å². The largest absolute Gasteiger partial charge is 0.494 e. The molecule has 0 spiro atoms. The van der Waals surface area contributed by atoms with E-state index >= 15 is 0 Å². The van der Waals surface area contributed by atoms with Gasteiger partial charge in [-0.2, -0.15) is 0 Å². The summed E-state index contributed by atoms with van der Waals surface area (Å²) in [7, 11) is -4.13. The maximum atomic E-state index is 14.0. The molecule has 0 bridgehead atoms. The molecule has 0 unspecified atom stereocenters. The maximum Gasteiger partial charge on any atom is 0.264 e. The summed E-state index contributed by atoms with van der Waals surface area (Å²) in [6.07, 6.45) is 0. The van der Waals surface area contributed by atoms with Crippen molar-refractivity contribution < 1.29 is 22.7 Å². The van der Waals surface area contributed by atoms with Crippen LogP contribution < -0.4 is 14.4 Å². The van der Waals surface area contributed by atoms with Gasteiger partial charge in [-0.25, -0.2) is 8.42 Å². The monoisotopic (exact) mass is 643 g/mol. The highest BCUT2D eigenvalue weighted by atomic mass is 79.9. The molecule has 0 aromatic heterocycles. The molecule has 1 N–H and O–H groups in total. The van der Waals surface area contributed by atoms with Crippen LogP contribution >= 0.6 is 15.9 Å². The Morgan fingerprint density at radius 3 is 2.10 bits per heavy atom. The molecule has 3 rings (SSSR count). The number of nitrogens with zero attached hydrogens (tertiary/aromatic N) is 2. The minimum absolute atomic E-state index is 0.0620. The Hall–Kier alpha value is -3.37. The molecule has 41 heavy (non-hydrogen) atoms. The second kappa shape index (κ2) is 14.5. The number of sulfonamides is 1. The van der Waals surface area contributed by atoms with Gasteiger partial charge in [-0.15, -0.1) is 0 Å². The van der Waals surface area contributed by atoms with Crippen LogP contribution in [0.3, 0.4) is 0 Å². The van der Waals surface area contributed by atoms with Gasteiger partial charge >= 0.3 is 0 Å². The number of rotatable bonds is 13. The number of halogens is 1. The van der Waals surface area contributed by atoms with Gasteiger partial charge in [0, 0.05) is 17.6 Å². The van der Waals surface area contributed by atoms with E-state index in [1.807, 2.05) is 52.0 Å². The molecule has 1 atom stereocenters. The number of aryl methyl sites for hydroxylation is 1. The predicted molar refractivity (Wildman–Crippen MR) is 165 cm³/mol. The second-order valence-electron chi connectivity index (χ2n) is 10.2. The molecule has 0 saturated heterocycles. The van der Waals surface area contributed by atoms with Gasteiger partial charge in [-0.05, 0) is 80.8 Å². The zero-order valence-electron chi connectivity index (χ0n) is 24.1. The van der Waals surface area contributed by atoms with E-state index < -0.39 is 28.5 Å². The van der Waals surface area contributed by atoms with Gasteiger partial charge in [0.05, 0.1) is 17.2 Å². The number of amides is 2. The van der Waals surface area contributed by atoms with Gasteiger partial charge in [0.1, 0.15) is 18.3 Å². The molecule has 8 nitrogen and oxygen atoms in total. The van der Waals surface area contributed by atoms with E-state index in [9.17, 15) is 18.0 Å². The molecule has 3 aromatic carbocycles. The number of carbonyl (C=O) groups is 2. The van der Waals surface area contributed by atoms with Gasteiger partial charge in [-0.3, -0.25) is 13.9 Å². The third-order valence-corrected chi connectivity index (χ3v) is 8.76. The first kappa shape index (κ1) is 32.1. The minimum Gasteiger partial charge on any atom is -0.494 e. The van der Waals surface area contributed by atoms with Crippen molar-refractivity contribution in [3.05, 3.63) is 88.4 Å². The third-order valence-electron chi connectivity index (χ3n) is 6.44. The normalized spacial score (nSPS) is 12.1. The quantitative estimate of drug-likeness (QED) is 0.264. The average molecular weight is 645 g/mol. The highest BCUT2D eigenvalue weighted by Gasteiger charge is 2.32. The molecule has 220 valence electrons. The summed E-state index contributed by atoms with van der Waals surface area (Å²) in [5.74, 6) is 0.00186. The van der Waals surface area contributed by atoms with Crippen molar-refractivity contribution in [3.8, 4) is 5.75 Å². The highest BCUT2D eigenvalue weighted by molar-refractivity contribution is 9.10. The van der Waals surface area contributed by atoms with E-state index in [0.29, 0.717) is 24.6 Å². The number of hydrogen-bond donors (Lipinski definition) is 1. The molecule has 0 aliphatic carbocycles. The lowest BCUT2D eigenvalue weighted by Crippen LogP contribution is -2.51. The molecular weight excluding hydrogens is 606 g/mol. The summed E-state index contributed by atoms with van der Waals surface area (Å²) in [4.78, 5) is 28.6. The van der Waals surface area contributed by atoms with Crippen molar-refractivity contribution in [1.82, 2.24) is 10.2 Å². The second-order valence-corrected chi connectivity index (χ2v) is 13.0. The lowest BCUT2D eigenvalue weighted by molar-refractivity contribution is -0.139. The number of anilines is 1. The zero-order chi connectivity index (χ0) is 30.2. The van der Waals surface area contributed by atoms with Crippen molar-refractivity contribution in [3.63, 3.8) is 0 Å². The van der Waals surface area contributed by atoms with Gasteiger partial charge in [0.15, 0.2) is 0 Å². The fourth-order valence-electron chi connectivity index (χ4n) is 4.06. The van der Waals surface area contributed by atoms with E-state index in [2.05, 4.69) is 21.2 Å². The average Bonchev–Trinajstić information content (AvgIpc) is 2.94. The van der Waals surface area contributed by atoms with E-state index in [1.54, 1.807) is 43.3 Å². The topological polar surface area (TPSA) is 96.0 Å². The smallest absolute Gasteiger partial charge is 0.264 e. The molecule has 0 radical (unpaired) electrons. The third kappa shape index (κ3) is 8.81. The van der Waals surface area contributed by atoms with Crippen molar-refractivity contribution >= 4 is 43.5 Å². The minimum atomic E-state index is -4.13. The summed E-state index contributed by atoms with van der Waals surface area (Å²) in [5, 5.41) is 2.89.